The molecule has 2 aromatic carbocycles. The third-order valence-electron chi connectivity index (χ3n) is 2.66. The van der Waals surface area contributed by atoms with Gasteiger partial charge < -0.3 is 0 Å². The monoisotopic (exact) mass is 321 g/mol. The fourth-order valence-corrected chi connectivity index (χ4v) is 3.53. The fourth-order valence-electron chi connectivity index (χ4n) is 1.71. The normalized spacial score (nSPS) is 11.3. The van der Waals surface area contributed by atoms with Crippen molar-refractivity contribution in [2.75, 3.05) is 7.11 Å². The van der Waals surface area contributed by atoms with Crippen molar-refractivity contribution in [3.8, 4) is 5.75 Å². The molecule has 0 heterocycles. The van der Waals surface area contributed by atoms with Crippen molar-refractivity contribution in [2.45, 2.75) is 5.32 Å². The molecule has 0 aliphatic rings. The zero-order chi connectivity index (χ0) is 13.5. The molecule has 98 valence electrons. The first-order valence-corrected chi connectivity index (χ1v) is 7.94. The number of hydrogen-bond donors (Lipinski definition) is 1. The van der Waals surface area contributed by atoms with Gasteiger partial charge in [-0.25, -0.2) is 0 Å². The molecule has 0 aliphatic carbocycles. The van der Waals surface area contributed by atoms with E-state index < -0.39 is 0 Å². The van der Waals surface area contributed by atoms with E-state index in [1.54, 1.807) is 7.11 Å². The molecule has 0 unspecified atom stereocenters. The van der Waals surface area contributed by atoms with E-state index in [1.165, 1.54) is 4.46 Å². The molecule has 0 aliphatic heterocycles. The van der Waals surface area contributed by atoms with Gasteiger partial charge in [0.2, 0.25) is 0 Å². The molecule has 0 fully saturated rings. The number of ether oxygens (including phenoxy) is 1. The molecule has 3 nitrogen and oxygen atoms in total. The van der Waals surface area contributed by atoms with Crippen LogP contribution in [-0.4, -0.2) is 33.0 Å². The van der Waals surface area contributed by atoms with Crippen LogP contribution in [0.15, 0.2) is 59.8 Å². The van der Waals surface area contributed by atoms with Crippen LogP contribution in [0.25, 0.3) is 0 Å². The summed E-state index contributed by atoms with van der Waals surface area (Å²) >= 11 is 0.240. The minimum atomic E-state index is 0.240. The topological polar surface area (TPSA) is 41.8 Å². The second kappa shape index (κ2) is 6.98. The summed E-state index contributed by atoms with van der Waals surface area (Å²) in [6, 6.07) is 17.8. The summed E-state index contributed by atoms with van der Waals surface area (Å²) in [7, 11) is 1.62. The fraction of sp³-hybridized carbons (Fsp3) is 0.133. The molecule has 19 heavy (non-hydrogen) atoms. The molecule has 0 amide bonds. The number of rotatable bonds is 5. The van der Waals surface area contributed by atoms with Crippen molar-refractivity contribution < 1.29 is 9.94 Å². The second-order valence-corrected chi connectivity index (χ2v) is 6.05. The zero-order valence-corrected chi connectivity index (χ0v) is 12.3. The number of oxime groups is 1. The number of hydrogen-bond acceptors (Lipinski definition) is 3. The Morgan fingerprint density at radius 2 is 1.79 bits per heavy atom. The summed E-state index contributed by atoms with van der Waals surface area (Å²) in [6.45, 7) is 0. The zero-order valence-electron chi connectivity index (χ0n) is 10.6. The van der Waals surface area contributed by atoms with Gasteiger partial charge in [-0.1, -0.05) is 0 Å². The van der Waals surface area contributed by atoms with Crippen molar-refractivity contribution >= 4 is 25.1 Å². The second-order valence-electron chi connectivity index (χ2n) is 3.85. The van der Waals surface area contributed by atoms with E-state index in [9.17, 15) is 5.21 Å². The number of para-hydroxylation sites is 1. The van der Waals surface area contributed by atoms with Gasteiger partial charge in [0.25, 0.3) is 0 Å². The summed E-state index contributed by atoms with van der Waals surface area (Å²) < 4.78 is 6.58. The molecule has 0 spiro atoms. The maximum atomic E-state index is 9.22. The molecule has 0 bridgehead atoms. The molecule has 0 saturated carbocycles. The van der Waals surface area contributed by atoms with Crippen molar-refractivity contribution in [3.05, 3.63) is 60.2 Å². The Morgan fingerprint density at radius 1 is 1.11 bits per heavy atom. The number of methoxy groups -OCH3 is 1. The van der Waals surface area contributed by atoms with E-state index in [0.717, 1.165) is 16.6 Å². The molecular formula is C15H15NO2Se. The van der Waals surface area contributed by atoms with Crippen LogP contribution in [0.3, 0.4) is 0 Å². The van der Waals surface area contributed by atoms with Crippen molar-refractivity contribution in [3.63, 3.8) is 0 Å². The van der Waals surface area contributed by atoms with E-state index in [-0.39, 0.29) is 15.0 Å². The van der Waals surface area contributed by atoms with Crippen molar-refractivity contribution in [1.29, 1.82) is 0 Å². The predicted octanol–water partition coefficient (Wildman–Crippen LogP) is 2.32. The number of nitrogens with zero attached hydrogens (tertiary/aromatic N) is 1. The van der Waals surface area contributed by atoms with Gasteiger partial charge in [-0.3, -0.25) is 0 Å². The SMILES string of the molecule is COc1ccccc1/C(C[Se]c1ccccc1)=N/O. The maximum absolute atomic E-state index is 9.22. The summed E-state index contributed by atoms with van der Waals surface area (Å²) in [5.41, 5.74) is 1.52. The van der Waals surface area contributed by atoms with Gasteiger partial charge in [-0.05, 0) is 0 Å². The number of benzene rings is 2. The molecular weight excluding hydrogens is 305 g/mol. The van der Waals surface area contributed by atoms with Crippen LogP contribution >= 0.6 is 0 Å². The third-order valence-corrected chi connectivity index (χ3v) is 4.80. The van der Waals surface area contributed by atoms with Gasteiger partial charge in [0.15, 0.2) is 0 Å². The Balaban J connectivity index is 2.13. The van der Waals surface area contributed by atoms with E-state index in [0.29, 0.717) is 5.71 Å². The van der Waals surface area contributed by atoms with Crippen LogP contribution in [0.5, 0.6) is 5.75 Å². The summed E-state index contributed by atoms with van der Waals surface area (Å²) in [5.74, 6) is 0.735. The predicted molar refractivity (Wildman–Crippen MR) is 78.0 cm³/mol. The Hall–Kier alpha value is -1.77. The van der Waals surface area contributed by atoms with E-state index in [4.69, 9.17) is 4.74 Å². The third kappa shape index (κ3) is 3.60. The molecule has 2 rings (SSSR count). The van der Waals surface area contributed by atoms with Crippen LogP contribution < -0.4 is 9.20 Å². The van der Waals surface area contributed by atoms with E-state index in [1.807, 2.05) is 42.5 Å². The van der Waals surface area contributed by atoms with Gasteiger partial charge in [0, 0.05) is 0 Å². The van der Waals surface area contributed by atoms with E-state index in [2.05, 4.69) is 17.3 Å². The van der Waals surface area contributed by atoms with E-state index >= 15 is 0 Å². The van der Waals surface area contributed by atoms with Gasteiger partial charge in [0.05, 0.1) is 0 Å². The first-order chi connectivity index (χ1) is 9.35. The first kappa shape index (κ1) is 13.7. The van der Waals surface area contributed by atoms with Gasteiger partial charge in [0.1, 0.15) is 0 Å². The molecule has 0 saturated heterocycles. The van der Waals surface area contributed by atoms with Crippen LogP contribution in [-0.2, 0) is 0 Å². The van der Waals surface area contributed by atoms with Crippen LogP contribution in [0.4, 0.5) is 0 Å². The first-order valence-electron chi connectivity index (χ1n) is 5.87. The Bertz CT molecular complexity index is 555. The quantitative estimate of drug-likeness (QED) is 0.398. The standard InChI is InChI=1S/C15H15NO2Se/c1-18-15-10-6-5-9-13(15)14(16-17)11-19-12-7-3-2-4-8-12/h2-10,17H,11H2,1H3/b16-14+. The van der Waals surface area contributed by atoms with Crippen LogP contribution in [0.2, 0.25) is 5.32 Å². The van der Waals surface area contributed by atoms with Crippen LogP contribution in [0, 0.1) is 0 Å². The average molecular weight is 320 g/mol. The van der Waals surface area contributed by atoms with Gasteiger partial charge >= 0.3 is 119 Å². The Kier molecular flexibility index (Phi) is 5.01. The molecule has 0 atom stereocenters. The molecule has 4 heteroatoms. The van der Waals surface area contributed by atoms with Crippen molar-refractivity contribution in [1.82, 2.24) is 0 Å². The van der Waals surface area contributed by atoms with Crippen LogP contribution in [0.1, 0.15) is 5.56 Å². The summed E-state index contributed by atoms with van der Waals surface area (Å²) in [6.07, 6.45) is 0. The Labute approximate surface area is 119 Å². The average Bonchev–Trinajstić information content (AvgIpc) is 2.49. The minimum absolute atomic E-state index is 0.240. The molecule has 1 N–H and O–H groups in total. The molecule has 0 aromatic heterocycles. The molecule has 2 aromatic rings. The summed E-state index contributed by atoms with van der Waals surface area (Å²) in [5, 5.41) is 13.4. The summed E-state index contributed by atoms with van der Waals surface area (Å²) in [4.78, 5) is 0. The van der Waals surface area contributed by atoms with Gasteiger partial charge in [-0.2, -0.15) is 0 Å². The molecule has 0 radical (unpaired) electrons. The van der Waals surface area contributed by atoms with Gasteiger partial charge in [-0.15, -0.1) is 0 Å². The van der Waals surface area contributed by atoms with Crippen molar-refractivity contribution in [2.24, 2.45) is 5.16 Å². The Morgan fingerprint density at radius 3 is 2.47 bits per heavy atom.